The van der Waals surface area contributed by atoms with E-state index in [1.54, 1.807) is 18.2 Å². The lowest BCUT2D eigenvalue weighted by Crippen LogP contribution is -2.21. The van der Waals surface area contributed by atoms with E-state index >= 15 is 0 Å². The van der Waals surface area contributed by atoms with Gasteiger partial charge >= 0.3 is 0 Å². The molecule has 2 aromatic carbocycles. The van der Waals surface area contributed by atoms with Gasteiger partial charge in [-0.2, -0.15) is 0 Å². The van der Waals surface area contributed by atoms with Crippen LogP contribution in [0, 0.1) is 13.8 Å². The molecule has 0 aliphatic carbocycles. The molecule has 2 rings (SSSR count). The zero-order valence-electron chi connectivity index (χ0n) is 14.0. The zero-order valence-corrected chi connectivity index (χ0v) is 15.6. The first-order valence-corrected chi connectivity index (χ1v) is 8.41. The van der Waals surface area contributed by atoms with Crippen molar-refractivity contribution in [1.29, 1.82) is 0 Å². The molecule has 0 radical (unpaired) electrons. The predicted molar refractivity (Wildman–Crippen MR) is 99.8 cm³/mol. The summed E-state index contributed by atoms with van der Waals surface area (Å²) in [7, 11) is 0. The van der Waals surface area contributed by atoms with Crippen molar-refractivity contribution < 1.29 is 14.3 Å². The summed E-state index contributed by atoms with van der Waals surface area (Å²) >= 11 is 3.46. The number of nitrogen functional groups attached to an aromatic ring is 1. The minimum Gasteiger partial charge on any atom is -0.494 e. The quantitative estimate of drug-likeness (QED) is 0.726. The Bertz CT molecular complexity index is 724. The first-order valence-electron chi connectivity index (χ1n) is 7.62. The summed E-state index contributed by atoms with van der Waals surface area (Å²) < 4.78 is 11.8. The van der Waals surface area contributed by atoms with E-state index in [0.717, 1.165) is 15.6 Å². The molecule has 24 heavy (non-hydrogen) atoms. The van der Waals surface area contributed by atoms with Crippen LogP contribution in [0.4, 0.5) is 11.4 Å². The van der Waals surface area contributed by atoms with Crippen LogP contribution in [0.2, 0.25) is 0 Å². The Balaban J connectivity index is 1.99. The zero-order chi connectivity index (χ0) is 17.7. The van der Waals surface area contributed by atoms with Crippen LogP contribution in [0.3, 0.4) is 0 Å². The minimum absolute atomic E-state index is 0.102. The van der Waals surface area contributed by atoms with Crippen LogP contribution < -0.4 is 20.5 Å². The van der Waals surface area contributed by atoms with Gasteiger partial charge in [-0.3, -0.25) is 4.79 Å². The molecule has 0 heterocycles. The molecule has 0 saturated carbocycles. The molecular weight excluding hydrogens is 372 g/mol. The molecule has 6 heteroatoms. The van der Waals surface area contributed by atoms with Crippen LogP contribution in [0.25, 0.3) is 0 Å². The largest absolute Gasteiger partial charge is 0.494 e. The number of nitrogens with two attached hydrogens (primary N) is 1. The number of amides is 1. The summed E-state index contributed by atoms with van der Waals surface area (Å²) in [5, 5.41) is 2.74. The van der Waals surface area contributed by atoms with Crippen LogP contribution >= 0.6 is 15.9 Å². The van der Waals surface area contributed by atoms with Gasteiger partial charge < -0.3 is 20.5 Å². The highest BCUT2D eigenvalue weighted by Crippen LogP contribution is 2.30. The Labute approximate surface area is 150 Å². The lowest BCUT2D eigenvalue weighted by Gasteiger charge is -2.13. The second-order valence-electron chi connectivity index (χ2n) is 5.41. The summed E-state index contributed by atoms with van der Waals surface area (Å²) in [6, 6.07) is 9.11. The Morgan fingerprint density at radius 1 is 1.21 bits per heavy atom. The molecular formula is C18H21BrN2O3. The highest BCUT2D eigenvalue weighted by atomic mass is 79.9. The van der Waals surface area contributed by atoms with Gasteiger partial charge in [0.2, 0.25) is 0 Å². The maximum atomic E-state index is 12.1. The summed E-state index contributed by atoms with van der Waals surface area (Å²) in [6.07, 6.45) is 0. The number of nitrogens with one attached hydrogen (secondary N) is 1. The Morgan fingerprint density at radius 2 is 1.96 bits per heavy atom. The molecule has 5 nitrogen and oxygen atoms in total. The van der Waals surface area contributed by atoms with Crippen LogP contribution in [-0.2, 0) is 4.79 Å². The van der Waals surface area contributed by atoms with Gasteiger partial charge in [-0.15, -0.1) is 0 Å². The lowest BCUT2D eigenvalue weighted by molar-refractivity contribution is -0.118. The topological polar surface area (TPSA) is 73.6 Å². The van der Waals surface area contributed by atoms with Gasteiger partial charge in [-0.05, 0) is 66.0 Å². The third kappa shape index (κ3) is 4.64. The molecule has 0 aliphatic heterocycles. The van der Waals surface area contributed by atoms with Crippen molar-refractivity contribution in [1.82, 2.24) is 0 Å². The van der Waals surface area contributed by atoms with E-state index in [1.807, 2.05) is 32.9 Å². The maximum absolute atomic E-state index is 12.1. The molecule has 0 bridgehead atoms. The summed E-state index contributed by atoms with van der Waals surface area (Å²) in [5.41, 5.74) is 9.00. The van der Waals surface area contributed by atoms with Gasteiger partial charge in [-0.25, -0.2) is 0 Å². The number of anilines is 2. The van der Waals surface area contributed by atoms with Crippen molar-refractivity contribution in [2.75, 3.05) is 24.3 Å². The number of aryl methyl sites for hydroxylation is 2. The van der Waals surface area contributed by atoms with E-state index in [-0.39, 0.29) is 12.5 Å². The molecule has 0 spiro atoms. The highest BCUT2D eigenvalue weighted by molar-refractivity contribution is 9.10. The van der Waals surface area contributed by atoms with Gasteiger partial charge in [0, 0.05) is 6.07 Å². The van der Waals surface area contributed by atoms with Crippen LogP contribution in [0.5, 0.6) is 11.5 Å². The van der Waals surface area contributed by atoms with E-state index in [9.17, 15) is 4.79 Å². The third-order valence-corrected chi connectivity index (χ3v) is 3.92. The Morgan fingerprint density at radius 3 is 2.58 bits per heavy atom. The third-order valence-electron chi connectivity index (χ3n) is 3.33. The molecule has 0 aliphatic rings. The summed E-state index contributed by atoms with van der Waals surface area (Å²) in [6.45, 7) is 6.30. The Kier molecular flexibility index (Phi) is 6.09. The smallest absolute Gasteiger partial charge is 0.262 e. The van der Waals surface area contributed by atoms with Crippen LogP contribution in [-0.4, -0.2) is 19.1 Å². The fourth-order valence-electron chi connectivity index (χ4n) is 2.32. The number of ether oxygens (including phenoxy) is 2. The second kappa shape index (κ2) is 8.06. The summed E-state index contributed by atoms with van der Waals surface area (Å²) in [5.74, 6) is 1.05. The number of benzene rings is 2. The van der Waals surface area contributed by atoms with Crippen LogP contribution in [0.1, 0.15) is 18.1 Å². The van der Waals surface area contributed by atoms with Crippen molar-refractivity contribution in [3.05, 3.63) is 45.9 Å². The predicted octanol–water partition coefficient (Wildman–Crippen LogP) is 4.06. The second-order valence-corrected chi connectivity index (χ2v) is 6.27. The minimum atomic E-state index is -0.280. The Hall–Kier alpha value is -2.21. The standard InChI is InChI=1S/C18H21BrN2O3/c1-4-23-13-5-6-16(15(20)9-13)21-17(22)10-24-18-12(3)7-11(2)8-14(18)19/h5-9H,4,10,20H2,1-3H3,(H,21,22). The number of hydrogen-bond donors (Lipinski definition) is 2. The molecule has 1 amide bonds. The fourth-order valence-corrected chi connectivity index (χ4v) is 3.11. The molecule has 0 atom stereocenters. The van der Waals surface area contributed by atoms with E-state index in [4.69, 9.17) is 15.2 Å². The van der Waals surface area contributed by atoms with Crippen molar-refractivity contribution in [2.24, 2.45) is 0 Å². The fraction of sp³-hybridized carbons (Fsp3) is 0.278. The monoisotopic (exact) mass is 392 g/mol. The number of halogens is 1. The summed E-state index contributed by atoms with van der Waals surface area (Å²) in [4.78, 5) is 12.1. The lowest BCUT2D eigenvalue weighted by atomic mass is 10.1. The molecule has 0 fully saturated rings. The SMILES string of the molecule is CCOc1ccc(NC(=O)COc2c(C)cc(C)cc2Br)c(N)c1. The van der Waals surface area contributed by atoms with E-state index < -0.39 is 0 Å². The normalized spacial score (nSPS) is 10.3. The number of carbonyl (C=O) groups excluding carboxylic acids is 1. The van der Waals surface area contributed by atoms with Crippen molar-refractivity contribution >= 4 is 33.2 Å². The van der Waals surface area contributed by atoms with E-state index in [0.29, 0.717) is 29.5 Å². The first kappa shape index (κ1) is 18.1. The molecule has 3 N–H and O–H groups in total. The molecule has 0 saturated heterocycles. The van der Waals surface area contributed by atoms with Crippen molar-refractivity contribution in [2.45, 2.75) is 20.8 Å². The molecule has 0 unspecified atom stereocenters. The van der Waals surface area contributed by atoms with Gasteiger partial charge in [0.1, 0.15) is 11.5 Å². The molecule has 2 aromatic rings. The van der Waals surface area contributed by atoms with Gasteiger partial charge in [0.15, 0.2) is 6.61 Å². The van der Waals surface area contributed by atoms with Crippen LogP contribution in [0.15, 0.2) is 34.8 Å². The van der Waals surface area contributed by atoms with E-state index in [2.05, 4.69) is 21.2 Å². The molecule has 128 valence electrons. The maximum Gasteiger partial charge on any atom is 0.262 e. The number of hydrogen-bond acceptors (Lipinski definition) is 4. The van der Waals surface area contributed by atoms with Gasteiger partial charge in [-0.1, -0.05) is 6.07 Å². The number of rotatable bonds is 6. The van der Waals surface area contributed by atoms with Gasteiger partial charge in [0.25, 0.3) is 5.91 Å². The first-order chi connectivity index (χ1) is 11.4. The average molecular weight is 393 g/mol. The van der Waals surface area contributed by atoms with E-state index in [1.165, 1.54) is 0 Å². The van der Waals surface area contributed by atoms with Crippen molar-refractivity contribution in [3.63, 3.8) is 0 Å². The van der Waals surface area contributed by atoms with Gasteiger partial charge in [0.05, 0.1) is 22.5 Å². The number of carbonyl (C=O) groups is 1. The molecule has 0 aromatic heterocycles. The van der Waals surface area contributed by atoms with Crippen molar-refractivity contribution in [3.8, 4) is 11.5 Å². The highest BCUT2D eigenvalue weighted by Gasteiger charge is 2.11. The average Bonchev–Trinajstić information content (AvgIpc) is 2.49.